The van der Waals surface area contributed by atoms with E-state index in [4.69, 9.17) is 9.68 Å². The van der Waals surface area contributed by atoms with Crippen LogP contribution in [0.4, 0.5) is 0 Å². The monoisotopic (exact) mass is 116 g/mol. The van der Waals surface area contributed by atoms with E-state index in [2.05, 4.69) is 4.65 Å². The van der Waals surface area contributed by atoms with Crippen molar-refractivity contribution in [3.63, 3.8) is 0 Å². The summed E-state index contributed by atoms with van der Waals surface area (Å²) in [5, 5.41) is 8.64. The van der Waals surface area contributed by atoms with Crippen molar-refractivity contribution in [1.82, 2.24) is 0 Å². The first-order chi connectivity index (χ1) is 3.79. The summed E-state index contributed by atoms with van der Waals surface area (Å²) < 4.78 is 9.50. The maximum atomic E-state index is 8.64. The Labute approximate surface area is 48.8 Å². The van der Waals surface area contributed by atoms with Crippen molar-refractivity contribution in [2.24, 2.45) is 0 Å². The zero-order chi connectivity index (χ0) is 5.98. The minimum absolute atomic E-state index is 0.138. The van der Waals surface area contributed by atoms with Crippen molar-refractivity contribution in [3.05, 3.63) is 0 Å². The highest BCUT2D eigenvalue weighted by Crippen LogP contribution is 2.05. The standard InChI is InChI=1S/C4H9BO3/c1-4-2-3-7-5(6)8-4/h4,6H,2-3H2,1H3. The number of rotatable bonds is 0. The van der Waals surface area contributed by atoms with Gasteiger partial charge in [0, 0.05) is 12.7 Å². The van der Waals surface area contributed by atoms with Crippen LogP contribution in [-0.2, 0) is 9.31 Å². The third kappa shape index (κ3) is 1.47. The Morgan fingerprint density at radius 2 is 2.50 bits per heavy atom. The third-order valence-electron chi connectivity index (χ3n) is 1.13. The maximum Gasteiger partial charge on any atom is 0.636 e. The first-order valence-corrected chi connectivity index (χ1v) is 2.74. The maximum absolute atomic E-state index is 8.64. The van der Waals surface area contributed by atoms with Gasteiger partial charge in [-0.2, -0.15) is 0 Å². The minimum atomic E-state index is -0.987. The van der Waals surface area contributed by atoms with Gasteiger partial charge in [-0.05, 0) is 13.3 Å². The van der Waals surface area contributed by atoms with E-state index in [1.807, 2.05) is 6.92 Å². The fourth-order valence-electron chi connectivity index (χ4n) is 0.641. The molecule has 3 nitrogen and oxygen atoms in total. The van der Waals surface area contributed by atoms with Gasteiger partial charge in [-0.25, -0.2) is 0 Å². The van der Waals surface area contributed by atoms with E-state index in [0.717, 1.165) is 6.42 Å². The van der Waals surface area contributed by atoms with Crippen molar-refractivity contribution >= 4 is 7.32 Å². The van der Waals surface area contributed by atoms with Gasteiger partial charge in [-0.3, -0.25) is 0 Å². The molecule has 8 heavy (non-hydrogen) atoms. The molecule has 46 valence electrons. The van der Waals surface area contributed by atoms with Crippen LogP contribution in [-0.4, -0.2) is 25.1 Å². The van der Waals surface area contributed by atoms with Crippen LogP contribution in [0.15, 0.2) is 0 Å². The zero-order valence-corrected chi connectivity index (χ0v) is 4.83. The predicted molar refractivity (Wildman–Crippen MR) is 29.1 cm³/mol. The molecule has 0 aromatic rings. The lowest BCUT2D eigenvalue weighted by atomic mass is 10.1. The fraction of sp³-hybridized carbons (Fsp3) is 1.00. The summed E-state index contributed by atoms with van der Waals surface area (Å²) in [6, 6.07) is 0. The van der Waals surface area contributed by atoms with Gasteiger partial charge in [0.1, 0.15) is 0 Å². The molecule has 0 aromatic heterocycles. The van der Waals surface area contributed by atoms with Crippen LogP contribution in [0.2, 0.25) is 0 Å². The largest absolute Gasteiger partial charge is 0.636 e. The van der Waals surface area contributed by atoms with Gasteiger partial charge in [-0.1, -0.05) is 0 Å². The van der Waals surface area contributed by atoms with Crippen LogP contribution in [0.25, 0.3) is 0 Å². The molecule has 0 radical (unpaired) electrons. The summed E-state index contributed by atoms with van der Waals surface area (Å²) >= 11 is 0. The molecule has 0 bridgehead atoms. The molecule has 0 aliphatic carbocycles. The lowest BCUT2D eigenvalue weighted by Gasteiger charge is -2.20. The molecule has 0 amide bonds. The van der Waals surface area contributed by atoms with Crippen LogP contribution in [0, 0.1) is 0 Å². The van der Waals surface area contributed by atoms with Crippen LogP contribution in [0.3, 0.4) is 0 Å². The molecule has 1 fully saturated rings. The second-order valence-corrected chi connectivity index (χ2v) is 1.91. The van der Waals surface area contributed by atoms with E-state index in [-0.39, 0.29) is 6.10 Å². The first-order valence-electron chi connectivity index (χ1n) is 2.74. The zero-order valence-electron chi connectivity index (χ0n) is 4.83. The quantitative estimate of drug-likeness (QED) is 0.445. The summed E-state index contributed by atoms with van der Waals surface area (Å²) in [6.07, 6.45) is 1.01. The van der Waals surface area contributed by atoms with Gasteiger partial charge in [0.2, 0.25) is 0 Å². The van der Waals surface area contributed by atoms with Gasteiger partial charge < -0.3 is 14.3 Å². The summed E-state index contributed by atoms with van der Waals surface area (Å²) in [7, 11) is -0.987. The fourth-order valence-corrected chi connectivity index (χ4v) is 0.641. The third-order valence-corrected chi connectivity index (χ3v) is 1.13. The molecule has 4 heteroatoms. The Balaban J connectivity index is 2.23. The molecule has 1 atom stereocenters. The van der Waals surface area contributed by atoms with E-state index in [1.165, 1.54) is 0 Å². The number of hydrogen-bond donors (Lipinski definition) is 1. The molecule has 1 N–H and O–H groups in total. The smallest absolute Gasteiger partial charge is 0.402 e. The van der Waals surface area contributed by atoms with Gasteiger partial charge in [0.25, 0.3) is 0 Å². The second-order valence-electron chi connectivity index (χ2n) is 1.91. The Morgan fingerprint density at radius 3 is 2.88 bits per heavy atom. The molecule has 1 heterocycles. The molecule has 1 aliphatic rings. The summed E-state index contributed by atoms with van der Waals surface area (Å²) in [6.45, 7) is 2.51. The van der Waals surface area contributed by atoms with Crippen molar-refractivity contribution in [2.45, 2.75) is 19.4 Å². The molecule has 1 rings (SSSR count). The highest BCUT2D eigenvalue weighted by Gasteiger charge is 2.23. The van der Waals surface area contributed by atoms with E-state index >= 15 is 0 Å². The first kappa shape index (κ1) is 6.07. The van der Waals surface area contributed by atoms with E-state index in [9.17, 15) is 0 Å². The molecule has 1 unspecified atom stereocenters. The van der Waals surface area contributed by atoms with E-state index in [0.29, 0.717) is 6.61 Å². The van der Waals surface area contributed by atoms with E-state index < -0.39 is 7.32 Å². The summed E-state index contributed by atoms with van der Waals surface area (Å²) in [4.78, 5) is 0. The normalized spacial score (nSPS) is 30.8. The van der Waals surface area contributed by atoms with Gasteiger partial charge in [0.15, 0.2) is 0 Å². The SMILES string of the molecule is CC1CCOB(O)O1. The van der Waals surface area contributed by atoms with Crippen molar-refractivity contribution in [1.29, 1.82) is 0 Å². The van der Waals surface area contributed by atoms with Crippen molar-refractivity contribution < 1.29 is 14.3 Å². The molecule has 1 saturated heterocycles. The van der Waals surface area contributed by atoms with E-state index in [1.54, 1.807) is 0 Å². The molecule has 0 spiro atoms. The summed E-state index contributed by atoms with van der Waals surface area (Å²) in [5.41, 5.74) is 0. The van der Waals surface area contributed by atoms with Crippen LogP contribution in [0.1, 0.15) is 13.3 Å². The minimum Gasteiger partial charge on any atom is -0.402 e. The van der Waals surface area contributed by atoms with Crippen LogP contribution < -0.4 is 0 Å². The van der Waals surface area contributed by atoms with Crippen molar-refractivity contribution in [2.75, 3.05) is 6.61 Å². The Hall–Kier alpha value is -0.0551. The van der Waals surface area contributed by atoms with Crippen LogP contribution >= 0.6 is 0 Å². The molecule has 1 aliphatic heterocycles. The van der Waals surface area contributed by atoms with Crippen molar-refractivity contribution in [3.8, 4) is 0 Å². The molecule has 0 aromatic carbocycles. The Morgan fingerprint density at radius 1 is 1.75 bits per heavy atom. The summed E-state index contributed by atoms with van der Waals surface area (Å²) in [5.74, 6) is 0. The lowest BCUT2D eigenvalue weighted by Crippen LogP contribution is -2.34. The molecular weight excluding hydrogens is 107 g/mol. The van der Waals surface area contributed by atoms with Gasteiger partial charge in [-0.15, -0.1) is 0 Å². The van der Waals surface area contributed by atoms with Crippen LogP contribution in [0.5, 0.6) is 0 Å². The molecular formula is C4H9BO3. The van der Waals surface area contributed by atoms with Gasteiger partial charge >= 0.3 is 7.32 Å². The second kappa shape index (κ2) is 2.48. The predicted octanol–water partition coefficient (Wildman–Crippen LogP) is -0.211. The number of hydrogen-bond acceptors (Lipinski definition) is 3. The van der Waals surface area contributed by atoms with Gasteiger partial charge in [0.05, 0.1) is 0 Å². The average Bonchev–Trinajstić information content (AvgIpc) is 1.64. The highest BCUT2D eigenvalue weighted by atomic mass is 16.7. The average molecular weight is 116 g/mol. The Bertz CT molecular complexity index is 69.7. The topological polar surface area (TPSA) is 38.7 Å². The lowest BCUT2D eigenvalue weighted by molar-refractivity contribution is 0.0365. The Kier molecular flexibility index (Phi) is 1.88. The molecule has 0 saturated carbocycles. The highest BCUT2D eigenvalue weighted by molar-refractivity contribution is 6.34.